The molecule has 0 unspecified atom stereocenters. The summed E-state index contributed by atoms with van der Waals surface area (Å²) >= 11 is 0. The first-order valence-electron chi connectivity index (χ1n) is 9.93. The largest absolute Gasteiger partial charge is 0.491 e. The lowest BCUT2D eigenvalue weighted by molar-refractivity contribution is -0.155. The average molecular weight is 403 g/mol. The van der Waals surface area contributed by atoms with Gasteiger partial charge in [0.15, 0.2) is 0 Å². The number of carbonyl (C=O) groups excluding carboxylic acids is 1. The third kappa shape index (κ3) is 4.91. The van der Waals surface area contributed by atoms with Crippen molar-refractivity contribution in [2.24, 2.45) is 7.05 Å². The molecule has 2 fully saturated rings. The summed E-state index contributed by atoms with van der Waals surface area (Å²) in [7, 11) is 1.95. The number of nitrogens with zero attached hydrogens (tertiary/aromatic N) is 5. The molecule has 0 saturated carbocycles. The van der Waals surface area contributed by atoms with Crippen LogP contribution < -0.4 is 4.74 Å². The average Bonchev–Trinajstić information content (AvgIpc) is 3.14. The van der Waals surface area contributed by atoms with Crippen LogP contribution in [-0.2, 0) is 23.1 Å². The number of hydrogen-bond acceptors (Lipinski definition) is 6. The van der Waals surface area contributed by atoms with Crippen molar-refractivity contribution in [3.63, 3.8) is 0 Å². The predicted octanol–water partition coefficient (Wildman–Crippen LogP) is 1.22. The van der Waals surface area contributed by atoms with E-state index >= 15 is 0 Å². The number of carbonyl (C=O) groups is 1. The molecule has 1 atom stereocenters. The number of halogens is 1. The van der Waals surface area contributed by atoms with Crippen LogP contribution in [0.5, 0.6) is 5.75 Å². The Hall–Kier alpha value is -2.52. The topological polar surface area (TPSA) is 72.7 Å². The summed E-state index contributed by atoms with van der Waals surface area (Å²) in [5.74, 6) is 1.28. The maximum absolute atomic E-state index is 13.0. The number of rotatable bonds is 6. The summed E-state index contributed by atoms with van der Waals surface area (Å²) in [5, 5.41) is 8.07. The molecule has 8 nitrogen and oxygen atoms in total. The zero-order chi connectivity index (χ0) is 20.2. The van der Waals surface area contributed by atoms with Crippen molar-refractivity contribution in [2.75, 3.05) is 32.8 Å². The summed E-state index contributed by atoms with van der Waals surface area (Å²) in [4.78, 5) is 16.7. The highest BCUT2D eigenvalue weighted by Gasteiger charge is 2.34. The molecule has 2 saturated heterocycles. The van der Waals surface area contributed by atoms with Gasteiger partial charge in [-0.25, -0.2) is 4.39 Å². The minimum absolute atomic E-state index is 0.0368. The summed E-state index contributed by atoms with van der Waals surface area (Å²) in [6.07, 6.45) is 3.38. The van der Waals surface area contributed by atoms with Crippen LogP contribution in [0.15, 0.2) is 30.6 Å². The van der Waals surface area contributed by atoms with Gasteiger partial charge in [-0.15, -0.1) is 10.2 Å². The molecule has 2 aliphatic heterocycles. The summed E-state index contributed by atoms with van der Waals surface area (Å²) in [6, 6.07) is 6.13. The van der Waals surface area contributed by atoms with Crippen molar-refractivity contribution in [3.05, 3.63) is 42.2 Å². The maximum atomic E-state index is 13.0. The molecule has 9 heteroatoms. The van der Waals surface area contributed by atoms with Crippen molar-refractivity contribution in [2.45, 2.75) is 31.5 Å². The van der Waals surface area contributed by atoms with Gasteiger partial charge in [-0.2, -0.15) is 0 Å². The minimum Gasteiger partial charge on any atom is -0.491 e. The molecule has 1 aromatic carbocycles. The molecule has 4 rings (SSSR count). The maximum Gasteiger partial charge on any atom is 0.248 e. The van der Waals surface area contributed by atoms with Crippen molar-refractivity contribution in [1.29, 1.82) is 0 Å². The molecule has 0 aliphatic carbocycles. The monoisotopic (exact) mass is 403 g/mol. The standard InChI is InChI=1S/C20H26FN5O3/c1-24-14-22-23-19(24)11-25-8-6-16(7-9-25)26-10-18(29-13-20(26)27)12-28-17-4-2-15(21)3-5-17/h2-5,14,16,18H,6-13H2,1H3/t18-/m1/s1. The third-order valence-electron chi connectivity index (χ3n) is 5.58. The van der Waals surface area contributed by atoms with E-state index in [4.69, 9.17) is 9.47 Å². The van der Waals surface area contributed by atoms with Crippen LogP contribution in [0.1, 0.15) is 18.7 Å². The summed E-state index contributed by atoms with van der Waals surface area (Å²) in [5.41, 5.74) is 0. The first-order valence-corrected chi connectivity index (χ1v) is 9.93. The lowest BCUT2D eigenvalue weighted by Crippen LogP contribution is -2.55. The number of benzene rings is 1. The van der Waals surface area contributed by atoms with E-state index in [1.54, 1.807) is 18.5 Å². The highest BCUT2D eigenvalue weighted by Crippen LogP contribution is 2.22. The van der Waals surface area contributed by atoms with Crippen LogP contribution in [0.25, 0.3) is 0 Å². The number of aryl methyl sites for hydroxylation is 1. The molecule has 3 heterocycles. The van der Waals surface area contributed by atoms with Gasteiger partial charge in [0.25, 0.3) is 0 Å². The van der Waals surface area contributed by atoms with E-state index in [0.717, 1.165) is 38.3 Å². The molecule has 0 bridgehead atoms. The van der Waals surface area contributed by atoms with E-state index in [0.29, 0.717) is 18.9 Å². The molecule has 1 amide bonds. The molecule has 0 N–H and O–H groups in total. The quantitative estimate of drug-likeness (QED) is 0.722. The smallest absolute Gasteiger partial charge is 0.248 e. The van der Waals surface area contributed by atoms with E-state index in [1.165, 1.54) is 12.1 Å². The molecule has 0 radical (unpaired) electrons. The highest BCUT2D eigenvalue weighted by molar-refractivity contribution is 5.78. The van der Waals surface area contributed by atoms with Gasteiger partial charge in [0.05, 0.1) is 13.1 Å². The fraction of sp³-hybridized carbons (Fsp3) is 0.550. The van der Waals surface area contributed by atoms with Crippen molar-refractivity contribution in [1.82, 2.24) is 24.6 Å². The molecular weight excluding hydrogens is 377 g/mol. The van der Waals surface area contributed by atoms with Crippen LogP contribution in [0.4, 0.5) is 4.39 Å². The lowest BCUT2D eigenvalue weighted by Gasteiger charge is -2.42. The SMILES string of the molecule is Cn1cnnc1CN1CCC(N2C[C@H](COc3ccc(F)cc3)OCC2=O)CC1. The van der Waals surface area contributed by atoms with Crippen LogP contribution in [0.3, 0.4) is 0 Å². The van der Waals surface area contributed by atoms with Gasteiger partial charge >= 0.3 is 0 Å². The molecule has 156 valence electrons. The summed E-state index contributed by atoms with van der Waals surface area (Å²) < 4.78 is 26.3. The zero-order valence-corrected chi connectivity index (χ0v) is 16.5. The van der Waals surface area contributed by atoms with Crippen molar-refractivity contribution < 1.29 is 18.7 Å². The van der Waals surface area contributed by atoms with Gasteiger partial charge in [-0.1, -0.05) is 0 Å². The molecular formula is C20H26FN5O3. The Labute approximate surface area is 169 Å². The lowest BCUT2D eigenvalue weighted by atomic mass is 10.0. The number of aromatic nitrogens is 3. The first-order chi connectivity index (χ1) is 14.1. The van der Waals surface area contributed by atoms with Crippen molar-refractivity contribution >= 4 is 5.91 Å². The second-order valence-electron chi connectivity index (χ2n) is 7.61. The van der Waals surface area contributed by atoms with E-state index in [9.17, 15) is 9.18 Å². The second kappa shape index (κ2) is 8.87. The highest BCUT2D eigenvalue weighted by atomic mass is 19.1. The molecule has 2 aliphatic rings. The van der Waals surface area contributed by atoms with Gasteiger partial charge in [-0.3, -0.25) is 9.69 Å². The predicted molar refractivity (Wildman–Crippen MR) is 103 cm³/mol. The van der Waals surface area contributed by atoms with E-state index < -0.39 is 0 Å². The number of piperidine rings is 1. The Morgan fingerprint density at radius 1 is 1.24 bits per heavy atom. The van der Waals surface area contributed by atoms with Crippen LogP contribution in [0.2, 0.25) is 0 Å². The van der Waals surface area contributed by atoms with Gasteiger partial charge in [0.2, 0.25) is 5.91 Å². The van der Waals surface area contributed by atoms with Gasteiger partial charge in [-0.05, 0) is 37.1 Å². The number of morpholine rings is 1. The van der Waals surface area contributed by atoms with E-state index in [1.807, 2.05) is 16.5 Å². The third-order valence-corrected chi connectivity index (χ3v) is 5.58. The van der Waals surface area contributed by atoms with Gasteiger partial charge in [0.1, 0.15) is 43.0 Å². The Morgan fingerprint density at radius 3 is 2.69 bits per heavy atom. The Morgan fingerprint density at radius 2 is 2.00 bits per heavy atom. The number of hydrogen-bond donors (Lipinski definition) is 0. The Kier molecular flexibility index (Phi) is 6.05. The normalized spacial score (nSPS) is 21.5. The molecule has 29 heavy (non-hydrogen) atoms. The minimum atomic E-state index is -0.298. The van der Waals surface area contributed by atoms with E-state index in [-0.39, 0.29) is 30.5 Å². The Balaban J connectivity index is 1.27. The van der Waals surface area contributed by atoms with Gasteiger partial charge < -0.3 is 18.9 Å². The van der Waals surface area contributed by atoms with Crippen LogP contribution in [0, 0.1) is 5.82 Å². The fourth-order valence-electron chi connectivity index (χ4n) is 3.86. The number of ether oxygens (including phenoxy) is 2. The Bertz CT molecular complexity index is 820. The molecule has 0 spiro atoms. The molecule has 2 aromatic rings. The van der Waals surface area contributed by atoms with Gasteiger partial charge in [0, 0.05) is 26.2 Å². The first kappa shape index (κ1) is 19.8. The van der Waals surface area contributed by atoms with E-state index in [2.05, 4.69) is 15.1 Å². The second-order valence-corrected chi connectivity index (χ2v) is 7.61. The summed E-state index contributed by atoms with van der Waals surface area (Å²) in [6.45, 7) is 3.54. The number of amides is 1. The number of likely N-dealkylation sites (tertiary alicyclic amines) is 1. The zero-order valence-electron chi connectivity index (χ0n) is 16.5. The fourth-order valence-corrected chi connectivity index (χ4v) is 3.86. The van der Waals surface area contributed by atoms with Crippen LogP contribution in [-0.4, -0.2) is 75.5 Å². The van der Waals surface area contributed by atoms with Crippen LogP contribution >= 0.6 is 0 Å². The van der Waals surface area contributed by atoms with Crippen molar-refractivity contribution in [3.8, 4) is 5.75 Å². The molecule has 1 aromatic heterocycles.